The third kappa shape index (κ3) is 2.33. The largest absolute Gasteiger partial charge is 0.508 e. The lowest BCUT2D eigenvalue weighted by Crippen LogP contribution is -1.98. The zero-order valence-corrected chi connectivity index (χ0v) is 10.5. The fraction of sp³-hybridized carbons (Fsp3) is 0.0909. The van der Waals surface area contributed by atoms with E-state index < -0.39 is 9.84 Å². The number of hydrogen-bond donors (Lipinski definition) is 2. The van der Waals surface area contributed by atoms with E-state index in [-0.39, 0.29) is 14.9 Å². The molecule has 0 saturated heterocycles. The number of benzene rings is 1. The molecule has 4 nitrogen and oxygen atoms in total. The smallest absolute Gasteiger partial charge is 0.215 e. The van der Waals surface area contributed by atoms with Gasteiger partial charge in [0.05, 0.1) is 4.90 Å². The lowest BCUT2D eigenvalue weighted by atomic mass is 10.3. The maximum atomic E-state index is 12.2. The summed E-state index contributed by atoms with van der Waals surface area (Å²) in [5, 5.41) is 9.13. The molecule has 0 spiro atoms. The molecule has 0 aliphatic rings. The van der Waals surface area contributed by atoms with Gasteiger partial charge in [0.25, 0.3) is 0 Å². The van der Waals surface area contributed by atoms with Crippen LogP contribution >= 0.6 is 11.3 Å². The van der Waals surface area contributed by atoms with Crippen molar-refractivity contribution in [3.63, 3.8) is 0 Å². The van der Waals surface area contributed by atoms with Crippen LogP contribution in [0.5, 0.6) is 5.75 Å². The summed E-state index contributed by atoms with van der Waals surface area (Å²) in [4.78, 5) is 0.989. The van der Waals surface area contributed by atoms with Gasteiger partial charge in [0.1, 0.15) is 9.96 Å². The Morgan fingerprint density at radius 3 is 2.29 bits per heavy atom. The van der Waals surface area contributed by atoms with Crippen LogP contribution in [0.4, 0.5) is 0 Å². The molecule has 2 aromatic rings. The van der Waals surface area contributed by atoms with E-state index in [0.29, 0.717) is 6.54 Å². The van der Waals surface area contributed by atoms with E-state index in [9.17, 15) is 8.42 Å². The fourth-order valence-corrected chi connectivity index (χ4v) is 3.99. The average molecular weight is 269 g/mol. The van der Waals surface area contributed by atoms with Crippen molar-refractivity contribution in [1.29, 1.82) is 0 Å². The predicted molar refractivity (Wildman–Crippen MR) is 65.8 cm³/mol. The van der Waals surface area contributed by atoms with Crippen LogP contribution in [0, 0.1) is 0 Å². The first kappa shape index (κ1) is 12.1. The van der Waals surface area contributed by atoms with Gasteiger partial charge in [-0.05, 0) is 36.4 Å². The molecule has 0 amide bonds. The van der Waals surface area contributed by atoms with E-state index in [4.69, 9.17) is 10.8 Å². The van der Waals surface area contributed by atoms with Gasteiger partial charge in [-0.2, -0.15) is 0 Å². The molecular weight excluding hydrogens is 258 g/mol. The summed E-state index contributed by atoms with van der Waals surface area (Å²) < 4.78 is 24.6. The molecular formula is C11H11NO3S2. The van der Waals surface area contributed by atoms with Crippen molar-refractivity contribution in [3.05, 3.63) is 41.3 Å². The van der Waals surface area contributed by atoms with Crippen molar-refractivity contribution in [3.8, 4) is 5.75 Å². The number of phenolic OH excluding ortho intramolecular Hbond substituents is 1. The Bertz CT molecular complexity index is 614. The van der Waals surface area contributed by atoms with Gasteiger partial charge in [0.2, 0.25) is 9.84 Å². The maximum Gasteiger partial charge on any atom is 0.215 e. The lowest BCUT2D eigenvalue weighted by molar-refractivity contribution is 0.475. The molecule has 0 atom stereocenters. The van der Waals surface area contributed by atoms with Crippen LogP contribution < -0.4 is 5.73 Å². The molecule has 0 radical (unpaired) electrons. The van der Waals surface area contributed by atoms with Crippen LogP contribution in [0.25, 0.3) is 0 Å². The Morgan fingerprint density at radius 1 is 1.12 bits per heavy atom. The third-order valence-corrected chi connectivity index (χ3v) is 5.62. The summed E-state index contributed by atoms with van der Waals surface area (Å²) in [5.74, 6) is 0.0396. The first-order chi connectivity index (χ1) is 8.04. The van der Waals surface area contributed by atoms with Crippen molar-refractivity contribution in [2.45, 2.75) is 15.6 Å². The highest BCUT2D eigenvalue weighted by Gasteiger charge is 2.19. The van der Waals surface area contributed by atoms with Crippen molar-refractivity contribution in [1.82, 2.24) is 0 Å². The number of hydrogen-bond acceptors (Lipinski definition) is 5. The number of phenols is 1. The Labute approximate surface area is 103 Å². The molecule has 0 aliphatic heterocycles. The molecule has 0 saturated carbocycles. The van der Waals surface area contributed by atoms with Crippen molar-refractivity contribution < 1.29 is 13.5 Å². The molecule has 17 heavy (non-hydrogen) atoms. The van der Waals surface area contributed by atoms with E-state index in [0.717, 1.165) is 16.2 Å². The van der Waals surface area contributed by atoms with Crippen LogP contribution in [0.15, 0.2) is 45.5 Å². The van der Waals surface area contributed by atoms with Gasteiger partial charge in [-0.15, -0.1) is 11.3 Å². The summed E-state index contributed by atoms with van der Waals surface area (Å²) in [6.07, 6.45) is 0. The van der Waals surface area contributed by atoms with Crippen molar-refractivity contribution in [2.24, 2.45) is 5.73 Å². The molecule has 1 aromatic heterocycles. The Morgan fingerprint density at radius 2 is 1.76 bits per heavy atom. The first-order valence-electron chi connectivity index (χ1n) is 4.87. The van der Waals surface area contributed by atoms with Gasteiger partial charge in [-0.25, -0.2) is 8.42 Å². The molecule has 3 N–H and O–H groups in total. The number of nitrogens with two attached hydrogens (primary N) is 1. The molecule has 0 fully saturated rings. The zero-order valence-electron chi connectivity index (χ0n) is 8.83. The van der Waals surface area contributed by atoms with Crippen LogP contribution in [0.1, 0.15) is 4.88 Å². The molecule has 2 rings (SSSR count). The predicted octanol–water partition coefficient (Wildman–Crippen LogP) is 1.75. The normalized spacial score (nSPS) is 11.6. The Kier molecular flexibility index (Phi) is 3.19. The highest BCUT2D eigenvalue weighted by atomic mass is 32.2. The molecule has 6 heteroatoms. The van der Waals surface area contributed by atoms with E-state index in [2.05, 4.69) is 0 Å². The van der Waals surface area contributed by atoms with E-state index in [1.807, 2.05) is 0 Å². The highest BCUT2D eigenvalue weighted by molar-refractivity contribution is 7.93. The SMILES string of the molecule is NCc1ccc(S(=O)(=O)c2ccc(O)cc2)s1. The zero-order chi connectivity index (χ0) is 12.5. The van der Waals surface area contributed by atoms with Gasteiger partial charge in [-0.1, -0.05) is 0 Å². The summed E-state index contributed by atoms with van der Waals surface area (Å²) >= 11 is 1.16. The quantitative estimate of drug-likeness (QED) is 0.889. The van der Waals surface area contributed by atoms with Gasteiger partial charge < -0.3 is 10.8 Å². The lowest BCUT2D eigenvalue weighted by Gasteiger charge is -2.01. The minimum absolute atomic E-state index is 0.0396. The third-order valence-electron chi connectivity index (χ3n) is 2.25. The van der Waals surface area contributed by atoms with E-state index >= 15 is 0 Å². The highest BCUT2D eigenvalue weighted by Crippen LogP contribution is 2.28. The monoisotopic (exact) mass is 269 g/mol. The van der Waals surface area contributed by atoms with Gasteiger partial charge in [-0.3, -0.25) is 0 Å². The molecule has 1 heterocycles. The number of sulfone groups is 1. The number of thiophene rings is 1. The number of rotatable bonds is 3. The molecule has 0 bridgehead atoms. The minimum Gasteiger partial charge on any atom is -0.508 e. The van der Waals surface area contributed by atoms with Crippen molar-refractivity contribution >= 4 is 21.2 Å². The fourth-order valence-electron chi connectivity index (χ4n) is 1.35. The van der Waals surface area contributed by atoms with Crippen molar-refractivity contribution in [2.75, 3.05) is 0 Å². The Hall–Kier alpha value is -1.37. The van der Waals surface area contributed by atoms with Crippen LogP contribution in [-0.2, 0) is 16.4 Å². The second-order valence-corrected chi connectivity index (χ2v) is 6.77. The van der Waals surface area contributed by atoms with Crippen LogP contribution in [0.3, 0.4) is 0 Å². The van der Waals surface area contributed by atoms with Gasteiger partial charge >= 0.3 is 0 Å². The van der Waals surface area contributed by atoms with Gasteiger partial charge in [0, 0.05) is 11.4 Å². The van der Waals surface area contributed by atoms with Crippen LogP contribution in [0.2, 0.25) is 0 Å². The second kappa shape index (κ2) is 4.48. The topological polar surface area (TPSA) is 80.4 Å². The maximum absolute atomic E-state index is 12.2. The van der Waals surface area contributed by atoms with Crippen LogP contribution in [-0.4, -0.2) is 13.5 Å². The van der Waals surface area contributed by atoms with Gasteiger partial charge in [0.15, 0.2) is 0 Å². The summed E-state index contributed by atoms with van der Waals surface area (Å²) in [6.45, 7) is 0.329. The number of aromatic hydroxyl groups is 1. The Balaban J connectivity index is 2.46. The van der Waals surface area contributed by atoms with E-state index in [1.165, 1.54) is 24.3 Å². The summed E-state index contributed by atoms with van der Waals surface area (Å²) in [6, 6.07) is 8.72. The summed E-state index contributed by atoms with van der Waals surface area (Å²) in [7, 11) is -3.49. The summed E-state index contributed by atoms with van der Waals surface area (Å²) in [5.41, 5.74) is 5.45. The first-order valence-corrected chi connectivity index (χ1v) is 7.17. The second-order valence-electron chi connectivity index (χ2n) is 3.42. The molecule has 1 aromatic carbocycles. The standard InChI is InChI=1S/C11H11NO3S2/c12-7-9-3-6-11(16-9)17(14,15)10-4-1-8(13)2-5-10/h1-6,13H,7,12H2. The molecule has 0 unspecified atom stereocenters. The molecule has 0 aliphatic carbocycles. The molecule has 90 valence electrons. The average Bonchev–Trinajstić information content (AvgIpc) is 2.78. The minimum atomic E-state index is -3.49. The van der Waals surface area contributed by atoms with E-state index in [1.54, 1.807) is 12.1 Å².